The van der Waals surface area contributed by atoms with Crippen LogP contribution < -0.4 is 10.5 Å². The van der Waals surface area contributed by atoms with Gasteiger partial charge in [0, 0.05) is 24.7 Å². The number of nitrogens with two attached hydrogens (primary N) is 1. The first-order valence-corrected chi connectivity index (χ1v) is 9.24. The first kappa shape index (κ1) is 19.0. The number of rotatable bonds is 6. The molecule has 0 spiro atoms. The fraction of sp³-hybridized carbons (Fsp3) is 0.526. The van der Waals surface area contributed by atoms with Crippen molar-refractivity contribution in [3.8, 4) is 5.75 Å². The van der Waals surface area contributed by atoms with Crippen LogP contribution in [0.15, 0.2) is 24.5 Å². The lowest BCUT2D eigenvalue weighted by Gasteiger charge is -2.31. The molecule has 2 aromatic rings. The van der Waals surface area contributed by atoms with E-state index in [2.05, 4.69) is 4.98 Å². The molecule has 0 saturated carbocycles. The van der Waals surface area contributed by atoms with E-state index in [4.69, 9.17) is 15.2 Å². The minimum Gasteiger partial charge on any atom is -0.492 e. The average molecular weight is 374 g/mol. The van der Waals surface area contributed by atoms with Gasteiger partial charge in [0.25, 0.3) is 0 Å². The van der Waals surface area contributed by atoms with Gasteiger partial charge in [-0.15, -0.1) is 0 Å². The number of aromatic nitrogens is 2. The van der Waals surface area contributed by atoms with Crippen LogP contribution in [0.1, 0.15) is 26.7 Å². The smallest absolute Gasteiger partial charge is 0.410 e. The molecule has 27 heavy (non-hydrogen) atoms. The number of ether oxygens (including phenoxy) is 2. The second kappa shape index (κ2) is 8.28. The van der Waals surface area contributed by atoms with Crippen molar-refractivity contribution in [1.29, 1.82) is 0 Å². The number of piperidine rings is 1. The molecule has 0 bridgehead atoms. The summed E-state index contributed by atoms with van der Waals surface area (Å²) in [6.45, 7) is 5.77. The van der Waals surface area contributed by atoms with Gasteiger partial charge in [-0.3, -0.25) is 4.79 Å². The van der Waals surface area contributed by atoms with Crippen molar-refractivity contribution in [3.05, 3.63) is 24.5 Å². The Bertz CT molecular complexity index is 809. The molecule has 0 aromatic carbocycles. The Morgan fingerprint density at radius 1 is 1.33 bits per heavy atom. The summed E-state index contributed by atoms with van der Waals surface area (Å²) in [5, 5.41) is 0.903. The lowest BCUT2D eigenvalue weighted by atomic mass is 9.98. The third-order valence-corrected chi connectivity index (χ3v) is 4.60. The highest BCUT2D eigenvalue weighted by molar-refractivity contribution is 5.80. The number of fused-ring (bicyclic) bond motifs is 1. The predicted octanol–water partition coefficient (Wildman–Crippen LogP) is 2.16. The van der Waals surface area contributed by atoms with E-state index in [-0.39, 0.29) is 18.7 Å². The number of primary amides is 1. The Morgan fingerprint density at radius 3 is 2.74 bits per heavy atom. The van der Waals surface area contributed by atoms with E-state index in [1.165, 1.54) is 0 Å². The summed E-state index contributed by atoms with van der Waals surface area (Å²) in [6, 6.07) is 3.80. The van der Waals surface area contributed by atoms with E-state index < -0.39 is 5.91 Å². The molecule has 146 valence electrons. The van der Waals surface area contributed by atoms with Crippen LogP contribution in [-0.2, 0) is 16.1 Å². The van der Waals surface area contributed by atoms with Gasteiger partial charge >= 0.3 is 6.09 Å². The highest BCUT2D eigenvalue weighted by Crippen LogP contribution is 2.23. The second-order valence-corrected chi connectivity index (χ2v) is 7.17. The average Bonchev–Trinajstić information content (AvgIpc) is 3.01. The van der Waals surface area contributed by atoms with Crippen molar-refractivity contribution in [2.24, 2.45) is 11.7 Å². The van der Waals surface area contributed by atoms with Crippen molar-refractivity contribution in [3.63, 3.8) is 0 Å². The number of carbonyl (C=O) groups excluding carboxylic acids is 2. The van der Waals surface area contributed by atoms with E-state index in [0.717, 1.165) is 18.2 Å². The zero-order chi connectivity index (χ0) is 19.4. The van der Waals surface area contributed by atoms with Crippen LogP contribution in [0.25, 0.3) is 11.0 Å². The lowest BCUT2D eigenvalue weighted by Crippen LogP contribution is -2.40. The molecular formula is C19H26N4O4. The zero-order valence-electron chi connectivity index (χ0n) is 15.8. The maximum absolute atomic E-state index is 11.9. The summed E-state index contributed by atoms with van der Waals surface area (Å²) < 4.78 is 12.9. The Morgan fingerprint density at radius 2 is 2.07 bits per heavy atom. The molecule has 0 atom stereocenters. The zero-order valence-corrected chi connectivity index (χ0v) is 15.8. The summed E-state index contributed by atoms with van der Waals surface area (Å²) in [4.78, 5) is 29.1. The molecule has 2 amide bonds. The number of hydrogen-bond donors (Lipinski definition) is 1. The van der Waals surface area contributed by atoms with Crippen LogP contribution in [0.4, 0.5) is 4.79 Å². The van der Waals surface area contributed by atoms with Crippen LogP contribution in [0.2, 0.25) is 0 Å². The van der Waals surface area contributed by atoms with Gasteiger partial charge in [0.2, 0.25) is 5.91 Å². The Kier molecular flexibility index (Phi) is 5.83. The van der Waals surface area contributed by atoms with E-state index in [9.17, 15) is 9.59 Å². The van der Waals surface area contributed by atoms with Crippen LogP contribution in [0.3, 0.4) is 0 Å². The highest BCUT2D eigenvalue weighted by Gasteiger charge is 2.24. The van der Waals surface area contributed by atoms with Crippen molar-refractivity contribution in [2.45, 2.75) is 39.3 Å². The van der Waals surface area contributed by atoms with Crippen LogP contribution >= 0.6 is 0 Å². The molecule has 8 heteroatoms. The summed E-state index contributed by atoms with van der Waals surface area (Å²) in [7, 11) is 0. The van der Waals surface area contributed by atoms with E-state index in [0.29, 0.717) is 37.0 Å². The lowest BCUT2D eigenvalue weighted by molar-refractivity contribution is -0.118. The summed E-state index contributed by atoms with van der Waals surface area (Å²) >= 11 is 0. The topological polar surface area (TPSA) is 99.7 Å². The number of pyridine rings is 1. The predicted molar refractivity (Wildman–Crippen MR) is 100 cm³/mol. The van der Waals surface area contributed by atoms with E-state index >= 15 is 0 Å². The quantitative estimate of drug-likeness (QED) is 0.835. The Balaban J connectivity index is 1.51. The number of carbonyl (C=O) groups is 2. The maximum Gasteiger partial charge on any atom is 0.410 e. The molecule has 0 aliphatic carbocycles. The molecular weight excluding hydrogens is 348 g/mol. The van der Waals surface area contributed by atoms with Gasteiger partial charge in [0.1, 0.15) is 17.9 Å². The van der Waals surface area contributed by atoms with Crippen LogP contribution in [0.5, 0.6) is 5.75 Å². The Labute approximate surface area is 158 Å². The molecule has 1 aliphatic heterocycles. The summed E-state index contributed by atoms with van der Waals surface area (Å²) in [6.07, 6.45) is 4.89. The molecule has 1 fully saturated rings. The maximum atomic E-state index is 11.9. The van der Waals surface area contributed by atoms with Gasteiger partial charge in [-0.2, -0.15) is 0 Å². The summed E-state index contributed by atoms with van der Waals surface area (Å²) in [5.41, 5.74) is 5.95. The molecule has 0 unspecified atom stereocenters. The molecule has 0 radical (unpaired) electrons. The molecule has 3 heterocycles. The van der Waals surface area contributed by atoms with Crippen molar-refractivity contribution in [1.82, 2.24) is 14.5 Å². The minimum atomic E-state index is -0.404. The molecule has 2 N–H and O–H groups in total. The third-order valence-electron chi connectivity index (χ3n) is 4.60. The van der Waals surface area contributed by atoms with Gasteiger partial charge in [-0.1, -0.05) is 0 Å². The van der Waals surface area contributed by atoms with Gasteiger partial charge in [0.05, 0.1) is 18.9 Å². The Hall–Kier alpha value is -2.77. The van der Waals surface area contributed by atoms with Gasteiger partial charge < -0.3 is 24.7 Å². The largest absolute Gasteiger partial charge is 0.492 e. The third kappa shape index (κ3) is 4.90. The van der Waals surface area contributed by atoms with Crippen molar-refractivity contribution >= 4 is 23.0 Å². The SMILES string of the molecule is CC(C)OC(=O)N1CCC(COc2cnc3c(ccn3CC(N)=O)c2)CC1. The number of likely N-dealkylation sites (tertiary alicyclic amines) is 1. The minimum absolute atomic E-state index is 0.0983. The van der Waals surface area contributed by atoms with Crippen LogP contribution in [-0.4, -0.2) is 52.3 Å². The molecule has 1 aliphatic rings. The van der Waals surface area contributed by atoms with E-state index in [1.807, 2.05) is 26.0 Å². The summed E-state index contributed by atoms with van der Waals surface area (Å²) in [5.74, 6) is 0.683. The molecule has 1 saturated heterocycles. The normalized spacial score (nSPS) is 15.3. The fourth-order valence-electron chi connectivity index (χ4n) is 3.20. The molecule has 8 nitrogen and oxygen atoms in total. The first-order valence-electron chi connectivity index (χ1n) is 9.24. The monoisotopic (exact) mass is 374 g/mol. The highest BCUT2D eigenvalue weighted by atomic mass is 16.6. The van der Waals surface area contributed by atoms with Crippen molar-refractivity contribution in [2.75, 3.05) is 19.7 Å². The first-order chi connectivity index (χ1) is 12.9. The van der Waals surface area contributed by atoms with Gasteiger partial charge in [-0.25, -0.2) is 9.78 Å². The number of nitrogens with zero attached hydrogens (tertiary/aromatic N) is 3. The standard InChI is InChI=1S/C19H26N4O4/c1-13(2)27-19(25)22-6-3-14(4-7-22)12-26-16-9-15-5-8-23(11-17(20)24)18(15)21-10-16/h5,8-10,13-14H,3-4,6-7,11-12H2,1-2H3,(H2,20,24). The fourth-order valence-corrected chi connectivity index (χ4v) is 3.20. The van der Waals surface area contributed by atoms with Gasteiger partial charge in [0.15, 0.2) is 0 Å². The number of amides is 2. The molecule has 2 aromatic heterocycles. The number of hydrogen-bond acceptors (Lipinski definition) is 5. The van der Waals surface area contributed by atoms with Gasteiger partial charge in [-0.05, 0) is 44.7 Å². The van der Waals surface area contributed by atoms with Crippen LogP contribution in [0, 0.1) is 5.92 Å². The van der Waals surface area contributed by atoms with Crippen molar-refractivity contribution < 1.29 is 19.1 Å². The second-order valence-electron chi connectivity index (χ2n) is 7.17. The van der Waals surface area contributed by atoms with E-state index in [1.54, 1.807) is 21.9 Å². The molecule has 3 rings (SSSR count).